The standard InChI is InChI=1S/C14H12FN5/c15-14-4-2-1-3-11(14)9-16-12-5-7-13(8-6-12)20-10-17-18-19-20/h1-8,10,16H,9H2. The van der Waals surface area contributed by atoms with Gasteiger partial charge in [0.1, 0.15) is 12.1 Å². The van der Waals surface area contributed by atoms with Crippen LogP contribution in [-0.4, -0.2) is 20.2 Å². The first-order chi connectivity index (χ1) is 9.83. The van der Waals surface area contributed by atoms with Crippen molar-refractivity contribution in [3.8, 4) is 5.69 Å². The molecule has 0 spiro atoms. The van der Waals surface area contributed by atoms with Crippen molar-refractivity contribution in [3.63, 3.8) is 0 Å². The summed E-state index contributed by atoms with van der Waals surface area (Å²) in [5.41, 5.74) is 2.41. The van der Waals surface area contributed by atoms with Gasteiger partial charge in [0.2, 0.25) is 0 Å². The summed E-state index contributed by atoms with van der Waals surface area (Å²) >= 11 is 0. The Labute approximate surface area is 115 Å². The summed E-state index contributed by atoms with van der Waals surface area (Å²) in [7, 11) is 0. The summed E-state index contributed by atoms with van der Waals surface area (Å²) in [6.07, 6.45) is 1.53. The van der Waals surface area contributed by atoms with E-state index >= 15 is 0 Å². The van der Waals surface area contributed by atoms with Crippen LogP contribution in [0.3, 0.4) is 0 Å². The first kappa shape index (κ1) is 12.3. The van der Waals surface area contributed by atoms with Gasteiger partial charge in [0.25, 0.3) is 0 Å². The number of nitrogens with one attached hydrogen (secondary N) is 1. The monoisotopic (exact) mass is 269 g/mol. The van der Waals surface area contributed by atoms with E-state index in [0.29, 0.717) is 12.1 Å². The number of tetrazole rings is 1. The van der Waals surface area contributed by atoms with E-state index in [0.717, 1.165) is 11.4 Å². The SMILES string of the molecule is Fc1ccccc1CNc1ccc(-n2cnnn2)cc1. The van der Waals surface area contributed by atoms with Crippen molar-refractivity contribution >= 4 is 5.69 Å². The lowest BCUT2D eigenvalue weighted by atomic mass is 10.2. The van der Waals surface area contributed by atoms with Crippen LogP contribution < -0.4 is 5.32 Å². The molecule has 20 heavy (non-hydrogen) atoms. The van der Waals surface area contributed by atoms with Gasteiger partial charge in [-0.15, -0.1) is 5.10 Å². The molecule has 0 bridgehead atoms. The number of anilines is 1. The fraction of sp³-hybridized carbons (Fsp3) is 0.0714. The number of hydrogen-bond donors (Lipinski definition) is 1. The number of aromatic nitrogens is 4. The van der Waals surface area contributed by atoms with E-state index in [4.69, 9.17) is 0 Å². The summed E-state index contributed by atoms with van der Waals surface area (Å²) in [5.74, 6) is -0.203. The predicted octanol–water partition coefficient (Wildman–Crippen LogP) is 2.41. The molecule has 0 aliphatic rings. The third-order valence-electron chi connectivity index (χ3n) is 2.92. The molecule has 1 aromatic heterocycles. The molecule has 100 valence electrons. The van der Waals surface area contributed by atoms with Gasteiger partial charge >= 0.3 is 0 Å². The molecule has 2 aromatic carbocycles. The molecule has 1 N–H and O–H groups in total. The topological polar surface area (TPSA) is 55.6 Å². The molecule has 0 fully saturated rings. The van der Waals surface area contributed by atoms with Crippen LogP contribution >= 0.6 is 0 Å². The van der Waals surface area contributed by atoms with Crippen molar-refractivity contribution < 1.29 is 4.39 Å². The molecule has 0 saturated heterocycles. The molecule has 1 heterocycles. The van der Waals surface area contributed by atoms with Crippen molar-refractivity contribution in [2.75, 3.05) is 5.32 Å². The second kappa shape index (κ2) is 5.48. The van der Waals surface area contributed by atoms with Crippen LogP contribution in [0.5, 0.6) is 0 Å². The van der Waals surface area contributed by atoms with Gasteiger partial charge in [-0.2, -0.15) is 0 Å². The van der Waals surface area contributed by atoms with Crippen LogP contribution in [0.2, 0.25) is 0 Å². The molecule has 3 aromatic rings. The predicted molar refractivity (Wildman–Crippen MR) is 72.9 cm³/mol. The highest BCUT2D eigenvalue weighted by atomic mass is 19.1. The smallest absolute Gasteiger partial charge is 0.143 e. The largest absolute Gasteiger partial charge is 0.381 e. The molecule has 6 heteroatoms. The molecule has 0 atom stereocenters. The number of benzene rings is 2. The summed E-state index contributed by atoms with van der Waals surface area (Å²) < 4.78 is 15.0. The minimum atomic E-state index is -0.203. The van der Waals surface area contributed by atoms with Crippen LogP contribution in [0, 0.1) is 5.82 Å². The maximum absolute atomic E-state index is 13.5. The maximum Gasteiger partial charge on any atom is 0.143 e. The lowest BCUT2D eigenvalue weighted by Crippen LogP contribution is -2.02. The molecule has 0 aliphatic heterocycles. The van der Waals surface area contributed by atoms with Crippen LogP contribution in [0.25, 0.3) is 5.69 Å². The molecule has 0 amide bonds. The van der Waals surface area contributed by atoms with Gasteiger partial charge in [-0.05, 0) is 40.8 Å². The van der Waals surface area contributed by atoms with E-state index < -0.39 is 0 Å². The van der Waals surface area contributed by atoms with Crippen LogP contribution in [0.1, 0.15) is 5.56 Å². The Balaban J connectivity index is 1.68. The van der Waals surface area contributed by atoms with Gasteiger partial charge in [-0.25, -0.2) is 9.07 Å². The Morgan fingerprint density at radius 2 is 1.85 bits per heavy atom. The fourth-order valence-corrected chi connectivity index (χ4v) is 1.85. The van der Waals surface area contributed by atoms with E-state index in [1.54, 1.807) is 16.8 Å². The first-order valence-electron chi connectivity index (χ1n) is 6.13. The van der Waals surface area contributed by atoms with E-state index in [-0.39, 0.29) is 5.82 Å². The average molecular weight is 269 g/mol. The van der Waals surface area contributed by atoms with Crippen LogP contribution in [0.4, 0.5) is 10.1 Å². The molecule has 5 nitrogen and oxygen atoms in total. The van der Waals surface area contributed by atoms with Crippen molar-refractivity contribution in [2.45, 2.75) is 6.54 Å². The molecule has 0 radical (unpaired) electrons. The van der Waals surface area contributed by atoms with E-state index in [1.807, 2.05) is 30.3 Å². The van der Waals surface area contributed by atoms with Crippen molar-refractivity contribution in [1.82, 2.24) is 20.2 Å². The van der Waals surface area contributed by atoms with Crippen molar-refractivity contribution in [2.24, 2.45) is 0 Å². The minimum Gasteiger partial charge on any atom is -0.381 e. The number of hydrogen-bond acceptors (Lipinski definition) is 4. The van der Waals surface area contributed by atoms with Gasteiger partial charge < -0.3 is 5.32 Å². The average Bonchev–Trinajstić information content (AvgIpc) is 3.01. The maximum atomic E-state index is 13.5. The molecule has 0 aliphatic carbocycles. The highest BCUT2D eigenvalue weighted by Gasteiger charge is 2.01. The summed E-state index contributed by atoms with van der Waals surface area (Å²) in [5, 5.41) is 14.1. The Morgan fingerprint density at radius 3 is 2.55 bits per heavy atom. The van der Waals surface area contributed by atoms with Gasteiger partial charge in [-0.1, -0.05) is 18.2 Å². The minimum absolute atomic E-state index is 0.203. The lowest BCUT2D eigenvalue weighted by Gasteiger charge is -2.08. The quantitative estimate of drug-likeness (QED) is 0.790. The second-order valence-corrected chi connectivity index (χ2v) is 4.25. The van der Waals surface area contributed by atoms with Gasteiger partial charge in [0.15, 0.2) is 0 Å². The third kappa shape index (κ3) is 2.64. The van der Waals surface area contributed by atoms with E-state index in [9.17, 15) is 4.39 Å². The molecular weight excluding hydrogens is 257 g/mol. The zero-order valence-corrected chi connectivity index (χ0v) is 10.6. The van der Waals surface area contributed by atoms with Crippen molar-refractivity contribution in [3.05, 3.63) is 66.2 Å². The Bertz CT molecular complexity index is 679. The summed E-state index contributed by atoms with van der Waals surface area (Å²) in [6.45, 7) is 0.441. The second-order valence-electron chi connectivity index (χ2n) is 4.25. The molecule has 3 rings (SSSR count). The highest BCUT2D eigenvalue weighted by molar-refractivity contribution is 5.48. The molecule has 0 saturated carbocycles. The fourth-order valence-electron chi connectivity index (χ4n) is 1.85. The van der Waals surface area contributed by atoms with Gasteiger partial charge in [-0.3, -0.25) is 0 Å². The number of rotatable bonds is 4. The number of nitrogens with zero attached hydrogens (tertiary/aromatic N) is 4. The molecular formula is C14H12FN5. The van der Waals surface area contributed by atoms with Gasteiger partial charge in [0.05, 0.1) is 5.69 Å². The zero-order valence-electron chi connectivity index (χ0n) is 10.6. The lowest BCUT2D eigenvalue weighted by molar-refractivity contribution is 0.613. The summed E-state index contributed by atoms with van der Waals surface area (Å²) in [6, 6.07) is 14.3. The Hall–Kier alpha value is -2.76. The van der Waals surface area contributed by atoms with E-state index in [2.05, 4.69) is 20.8 Å². The first-order valence-corrected chi connectivity index (χ1v) is 6.13. The Morgan fingerprint density at radius 1 is 1.05 bits per heavy atom. The third-order valence-corrected chi connectivity index (χ3v) is 2.92. The molecule has 0 unspecified atom stereocenters. The number of halogens is 1. The normalized spacial score (nSPS) is 10.4. The van der Waals surface area contributed by atoms with Gasteiger partial charge in [0, 0.05) is 17.8 Å². The van der Waals surface area contributed by atoms with Crippen molar-refractivity contribution in [1.29, 1.82) is 0 Å². The van der Waals surface area contributed by atoms with E-state index in [1.165, 1.54) is 12.4 Å². The highest BCUT2D eigenvalue weighted by Crippen LogP contribution is 2.14. The summed E-state index contributed by atoms with van der Waals surface area (Å²) in [4.78, 5) is 0. The van der Waals surface area contributed by atoms with Crippen LogP contribution in [0.15, 0.2) is 54.9 Å². The zero-order chi connectivity index (χ0) is 13.8. The Kier molecular flexibility index (Phi) is 3.36. The van der Waals surface area contributed by atoms with Crippen LogP contribution in [-0.2, 0) is 6.54 Å².